The largest absolute Gasteiger partial charge is 0.385 e. The second-order valence-corrected chi connectivity index (χ2v) is 12.2. The van der Waals surface area contributed by atoms with Crippen molar-refractivity contribution in [2.75, 3.05) is 32.4 Å². The summed E-state index contributed by atoms with van der Waals surface area (Å²) in [5.41, 5.74) is 1.82. The van der Waals surface area contributed by atoms with Crippen LogP contribution in [-0.4, -0.2) is 50.9 Å². The monoisotopic (exact) mass is 526 g/mol. The lowest BCUT2D eigenvalue weighted by Gasteiger charge is -2.40. The molecule has 1 fully saturated rings. The zero-order valence-electron chi connectivity index (χ0n) is 20.7. The molecule has 3 aromatic rings. The summed E-state index contributed by atoms with van der Waals surface area (Å²) in [6.07, 6.45) is 4.25. The third kappa shape index (κ3) is 6.55. The van der Waals surface area contributed by atoms with Crippen LogP contribution in [0.15, 0.2) is 84.9 Å². The van der Waals surface area contributed by atoms with Crippen LogP contribution in [0.25, 0.3) is 0 Å². The van der Waals surface area contributed by atoms with Gasteiger partial charge < -0.3 is 10.0 Å². The van der Waals surface area contributed by atoms with E-state index in [2.05, 4.69) is 33.9 Å². The highest BCUT2D eigenvalue weighted by molar-refractivity contribution is 7.88. The molecule has 1 aliphatic rings. The first-order chi connectivity index (χ1) is 17.2. The Balaban J connectivity index is 1.48. The number of likely N-dealkylation sites (tertiary alicyclic amines) is 1. The third-order valence-corrected chi connectivity index (χ3v) is 8.35. The predicted octanol–water partition coefficient (Wildman–Crippen LogP) is 4.94. The first-order valence-corrected chi connectivity index (χ1v) is 14.7. The second kappa shape index (κ2) is 11.4. The van der Waals surface area contributed by atoms with Crippen molar-refractivity contribution >= 4 is 21.6 Å². The van der Waals surface area contributed by atoms with Crippen LogP contribution in [0.3, 0.4) is 0 Å². The van der Waals surface area contributed by atoms with Gasteiger partial charge in [0.1, 0.15) is 0 Å². The summed E-state index contributed by atoms with van der Waals surface area (Å²) in [6, 6.07) is 27.9. The molecule has 5 nitrogen and oxygen atoms in total. The number of hydrogen-bond acceptors (Lipinski definition) is 4. The van der Waals surface area contributed by atoms with Crippen LogP contribution >= 0.6 is 11.6 Å². The highest BCUT2D eigenvalue weighted by Gasteiger charge is 2.36. The van der Waals surface area contributed by atoms with Gasteiger partial charge in [-0.1, -0.05) is 84.4 Å². The standard InChI is InChI=1S/C29H35ClN2O3S/c1-36(34,35)31-23-28(24-9-4-2-5-10-24,25-11-6-3-7-12-25)17-8-20-32-21-18-29(33,19-22-32)26-13-15-27(30)16-14-26/h2-7,9-16,31,33H,8,17-23H2,1H3. The first kappa shape index (κ1) is 26.8. The lowest BCUT2D eigenvalue weighted by atomic mass is 9.71. The van der Waals surface area contributed by atoms with Gasteiger partial charge in [-0.05, 0) is 61.1 Å². The molecule has 0 amide bonds. The zero-order chi connectivity index (χ0) is 25.7. The summed E-state index contributed by atoms with van der Waals surface area (Å²) >= 11 is 6.02. The SMILES string of the molecule is CS(=O)(=O)NCC(CCCN1CCC(O)(c2ccc(Cl)cc2)CC1)(c1ccccc1)c1ccccc1. The lowest BCUT2D eigenvalue weighted by Crippen LogP contribution is -2.44. The molecule has 0 aromatic heterocycles. The molecule has 1 heterocycles. The Labute approximate surface area is 220 Å². The van der Waals surface area contributed by atoms with E-state index in [0.29, 0.717) is 24.4 Å². The van der Waals surface area contributed by atoms with E-state index in [1.807, 2.05) is 60.7 Å². The van der Waals surface area contributed by atoms with Crippen LogP contribution in [0.2, 0.25) is 5.02 Å². The molecule has 1 aliphatic heterocycles. The van der Waals surface area contributed by atoms with E-state index in [1.54, 1.807) is 0 Å². The molecule has 0 bridgehead atoms. The van der Waals surface area contributed by atoms with Gasteiger partial charge in [0, 0.05) is 30.1 Å². The number of aliphatic hydroxyl groups is 1. The van der Waals surface area contributed by atoms with E-state index in [4.69, 9.17) is 11.6 Å². The molecule has 192 valence electrons. The molecule has 0 spiro atoms. The highest BCUT2D eigenvalue weighted by atomic mass is 35.5. The van der Waals surface area contributed by atoms with Gasteiger partial charge in [0.15, 0.2) is 0 Å². The number of hydrogen-bond donors (Lipinski definition) is 2. The lowest BCUT2D eigenvalue weighted by molar-refractivity contribution is -0.0262. The molecular formula is C29H35ClN2O3S. The highest BCUT2D eigenvalue weighted by Crippen LogP contribution is 2.38. The van der Waals surface area contributed by atoms with Crippen LogP contribution in [0.1, 0.15) is 42.4 Å². The zero-order valence-corrected chi connectivity index (χ0v) is 22.3. The van der Waals surface area contributed by atoms with Gasteiger partial charge in [-0.15, -0.1) is 0 Å². The maximum Gasteiger partial charge on any atom is 0.208 e. The Kier molecular flexibility index (Phi) is 8.53. The third-order valence-electron chi connectivity index (χ3n) is 7.43. The Morgan fingerprint density at radius 3 is 1.94 bits per heavy atom. The summed E-state index contributed by atoms with van der Waals surface area (Å²) in [7, 11) is -3.36. The Hall–Kier alpha value is -2.22. The van der Waals surface area contributed by atoms with E-state index in [1.165, 1.54) is 6.26 Å². The molecule has 4 rings (SSSR count). The van der Waals surface area contributed by atoms with E-state index >= 15 is 0 Å². The van der Waals surface area contributed by atoms with Gasteiger partial charge in [-0.2, -0.15) is 0 Å². The van der Waals surface area contributed by atoms with Gasteiger partial charge in [0.05, 0.1) is 11.9 Å². The Morgan fingerprint density at radius 2 is 1.44 bits per heavy atom. The predicted molar refractivity (Wildman–Crippen MR) is 147 cm³/mol. The number of nitrogens with one attached hydrogen (secondary N) is 1. The molecule has 1 saturated heterocycles. The normalized spacial score (nSPS) is 16.6. The second-order valence-electron chi connectivity index (χ2n) is 9.89. The van der Waals surface area contributed by atoms with E-state index in [-0.39, 0.29) is 0 Å². The van der Waals surface area contributed by atoms with Crippen LogP contribution in [0.5, 0.6) is 0 Å². The summed E-state index contributed by atoms with van der Waals surface area (Å²) in [4.78, 5) is 2.40. The molecule has 3 aromatic carbocycles. The quantitative estimate of drug-likeness (QED) is 0.392. The maximum atomic E-state index is 12.1. The van der Waals surface area contributed by atoms with Crippen LogP contribution in [-0.2, 0) is 21.0 Å². The van der Waals surface area contributed by atoms with Crippen molar-refractivity contribution in [2.24, 2.45) is 0 Å². The van der Waals surface area contributed by atoms with Gasteiger partial charge in [0.25, 0.3) is 0 Å². The molecule has 7 heteroatoms. The van der Waals surface area contributed by atoms with Gasteiger partial charge in [-0.25, -0.2) is 13.1 Å². The number of sulfonamides is 1. The van der Waals surface area contributed by atoms with Crippen LogP contribution in [0.4, 0.5) is 0 Å². The summed E-state index contributed by atoms with van der Waals surface area (Å²) in [5.74, 6) is 0. The average molecular weight is 527 g/mol. The molecule has 2 N–H and O–H groups in total. The molecule has 36 heavy (non-hydrogen) atoms. The van der Waals surface area contributed by atoms with Crippen molar-refractivity contribution in [1.82, 2.24) is 9.62 Å². The van der Waals surface area contributed by atoms with Crippen molar-refractivity contribution in [3.63, 3.8) is 0 Å². The molecule has 0 aliphatic carbocycles. The average Bonchev–Trinajstić information content (AvgIpc) is 2.88. The van der Waals surface area contributed by atoms with Crippen molar-refractivity contribution in [3.05, 3.63) is 107 Å². The first-order valence-electron chi connectivity index (χ1n) is 12.5. The van der Waals surface area contributed by atoms with Gasteiger partial charge in [-0.3, -0.25) is 0 Å². The summed E-state index contributed by atoms with van der Waals surface area (Å²) in [5, 5.41) is 11.9. The molecule has 0 saturated carbocycles. The van der Waals surface area contributed by atoms with E-state index in [9.17, 15) is 13.5 Å². The summed E-state index contributed by atoms with van der Waals surface area (Å²) < 4.78 is 27.0. The number of halogens is 1. The molecule has 0 atom stereocenters. The van der Waals surface area contributed by atoms with E-state index < -0.39 is 21.0 Å². The Morgan fingerprint density at radius 1 is 0.917 bits per heavy atom. The van der Waals surface area contributed by atoms with Crippen molar-refractivity contribution < 1.29 is 13.5 Å². The fourth-order valence-corrected chi connectivity index (χ4v) is 5.95. The number of benzene rings is 3. The number of nitrogens with zero attached hydrogens (tertiary/aromatic N) is 1. The van der Waals surface area contributed by atoms with Crippen LogP contribution in [0, 0.1) is 0 Å². The van der Waals surface area contributed by atoms with Gasteiger partial charge in [0.2, 0.25) is 10.0 Å². The molecule has 0 radical (unpaired) electrons. The minimum absolute atomic E-state index is 0.302. The summed E-state index contributed by atoms with van der Waals surface area (Å²) in [6.45, 7) is 2.81. The Bertz CT molecular complexity index is 1170. The van der Waals surface area contributed by atoms with Crippen molar-refractivity contribution in [1.29, 1.82) is 0 Å². The smallest absolute Gasteiger partial charge is 0.208 e. The fourth-order valence-electron chi connectivity index (χ4n) is 5.32. The minimum Gasteiger partial charge on any atom is -0.385 e. The van der Waals surface area contributed by atoms with Gasteiger partial charge >= 0.3 is 0 Å². The van der Waals surface area contributed by atoms with E-state index in [0.717, 1.165) is 49.2 Å². The number of rotatable bonds is 10. The van der Waals surface area contributed by atoms with Crippen molar-refractivity contribution in [3.8, 4) is 0 Å². The molecule has 0 unspecified atom stereocenters. The topological polar surface area (TPSA) is 69.6 Å². The van der Waals surface area contributed by atoms with Crippen LogP contribution < -0.4 is 4.72 Å². The molecular weight excluding hydrogens is 492 g/mol. The van der Waals surface area contributed by atoms with Crippen molar-refractivity contribution in [2.45, 2.75) is 36.7 Å². The maximum absolute atomic E-state index is 12.1. The fraction of sp³-hybridized carbons (Fsp3) is 0.379. The minimum atomic E-state index is -3.36. The number of piperidine rings is 1.